The second-order valence-corrected chi connectivity index (χ2v) is 7.87. The lowest BCUT2D eigenvalue weighted by Crippen LogP contribution is -2.05. The predicted octanol–water partition coefficient (Wildman–Crippen LogP) is 6.58. The number of hydrogen-bond acceptors (Lipinski definition) is 3. The van der Waals surface area contributed by atoms with Crippen LogP contribution in [0.15, 0.2) is 59.4 Å². The molecule has 0 spiro atoms. The topological polar surface area (TPSA) is 43.9 Å². The Morgan fingerprint density at radius 1 is 0.964 bits per heavy atom. The van der Waals surface area contributed by atoms with Crippen LogP contribution in [0.2, 0.25) is 0 Å². The fraction of sp³-hybridized carbons (Fsp3) is 0.333. The first-order valence-electron chi connectivity index (χ1n) is 9.83. The van der Waals surface area contributed by atoms with Crippen LogP contribution in [-0.2, 0) is 0 Å². The normalized spacial score (nSPS) is 12.1. The minimum absolute atomic E-state index is 0.241. The quantitative estimate of drug-likeness (QED) is 0.406. The van der Waals surface area contributed by atoms with Crippen LogP contribution >= 0.6 is 0 Å². The van der Waals surface area contributed by atoms with Crippen molar-refractivity contribution in [3.8, 4) is 11.1 Å². The summed E-state index contributed by atoms with van der Waals surface area (Å²) in [5.74, 6) is 1.66. The molecule has 0 N–H and O–H groups in total. The third kappa shape index (κ3) is 4.16. The summed E-state index contributed by atoms with van der Waals surface area (Å²) >= 11 is 0. The van der Waals surface area contributed by atoms with E-state index in [0.717, 1.165) is 39.5 Å². The van der Waals surface area contributed by atoms with Gasteiger partial charge in [0.25, 0.3) is 0 Å². The van der Waals surface area contributed by atoms with E-state index in [0.29, 0.717) is 0 Å². The Balaban J connectivity index is 0.000000516. The molecule has 3 aromatic heterocycles. The van der Waals surface area contributed by atoms with Crippen LogP contribution in [0.3, 0.4) is 0 Å². The van der Waals surface area contributed by atoms with E-state index in [1.807, 2.05) is 26.1 Å². The Kier molecular flexibility index (Phi) is 5.98. The second-order valence-electron chi connectivity index (χ2n) is 7.87. The first-order chi connectivity index (χ1) is 13.4. The van der Waals surface area contributed by atoms with E-state index in [2.05, 4.69) is 85.0 Å². The molecule has 1 aromatic carbocycles. The molecule has 28 heavy (non-hydrogen) atoms. The molecule has 4 heteroatoms. The van der Waals surface area contributed by atoms with Crippen molar-refractivity contribution in [1.29, 1.82) is 0 Å². The molecule has 0 saturated carbocycles. The number of nitrogens with zero attached hydrogens (tertiary/aromatic N) is 3. The smallest absolute Gasteiger partial charge is 0.141 e. The monoisotopic (exact) mass is 375 g/mol. The highest BCUT2D eigenvalue weighted by Crippen LogP contribution is 2.30. The van der Waals surface area contributed by atoms with Gasteiger partial charge in [0.1, 0.15) is 5.76 Å². The van der Waals surface area contributed by atoms with Gasteiger partial charge in [-0.05, 0) is 44.4 Å². The minimum atomic E-state index is 0.241. The lowest BCUT2D eigenvalue weighted by Gasteiger charge is -2.16. The molecule has 4 aromatic rings. The van der Waals surface area contributed by atoms with E-state index in [1.54, 1.807) is 0 Å². The van der Waals surface area contributed by atoms with Crippen LogP contribution in [0.4, 0.5) is 0 Å². The number of rotatable bonds is 3. The summed E-state index contributed by atoms with van der Waals surface area (Å²) in [6.07, 6.45) is 4.00. The maximum absolute atomic E-state index is 5.31. The molecular formula is C24H29N3O. The van der Waals surface area contributed by atoms with Gasteiger partial charge >= 0.3 is 0 Å². The van der Waals surface area contributed by atoms with Crippen LogP contribution in [0, 0.1) is 19.8 Å². The number of pyridine rings is 1. The lowest BCUT2D eigenvalue weighted by molar-refractivity contribution is 0.393. The summed E-state index contributed by atoms with van der Waals surface area (Å²) in [5.41, 5.74) is 6.35. The average Bonchev–Trinajstić information content (AvgIpc) is 3.24. The highest BCUT2D eigenvalue weighted by Gasteiger charge is 2.15. The SMILES string of the molecule is CC(C)C.Cc1noc(C)c1-c1cnc2ccn([C@H](C)c3ccccc3)c2c1. The van der Waals surface area contributed by atoms with E-state index < -0.39 is 0 Å². The second kappa shape index (κ2) is 8.42. The standard InChI is InChI=1S/C20H19N3O.C4H10/c1-13-20(15(3)24-22-13)17-11-19-18(21-12-17)9-10-23(19)14(2)16-7-5-4-6-8-16;1-4(2)3/h4-12,14H,1-3H3;4H,1-3H3/t14-;/m1./s1. The maximum Gasteiger partial charge on any atom is 0.141 e. The number of aryl methyl sites for hydroxylation is 2. The molecule has 4 rings (SSSR count). The number of aromatic nitrogens is 3. The van der Waals surface area contributed by atoms with Gasteiger partial charge in [0.2, 0.25) is 0 Å². The van der Waals surface area contributed by atoms with E-state index in [4.69, 9.17) is 4.52 Å². The first-order valence-corrected chi connectivity index (χ1v) is 9.83. The van der Waals surface area contributed by atoms with Crippen LogP contribution in [0.1, 0.15) is 50.8 Å². The van der Waals surface area contributed by atoms with Gasteiger partial charge in [0.15, 0.2) is 0 Å². The Labute approximate surface area is 167 Å². The van der Waals surface area contributed by atoms with Crippen LogP contribution in [0.25, 0.3) is 22.2 Å². The average molecular weight is 376 g/mol. The third-order valence-corrected chi connectivity index (χ3v) is 4.59. The molecule has 4 nitrogen and oxygen atoms in total. The van der Waals surface area contributed by atoms with E-state index in [1.165, 1.54) is 5.56 Å². The van der Waals surface area contributed by atoms with Gasteiger partial charge in [-0.15, -0.1) is 0 Å². The summed E-state index contributed by atoms with van der Waals surface area (Å²) < 4.78 is 7.57. The van der Waals surface area contributed by atoms with Crippen molar-refractivity contribution in [2.24, 2.45) is 5.92 Å². The van der Waals surface area contributed by atoms with Crippen LogP contribution < -0.4 is 0 Å². The molecule has 0 aliphatic carbocycles. The predicted molar refractivity (Wildman–Crippen MR) is 115 cm³/mol. The zero-order chi connectivity index (χ0) is 20.3. The fourth-order valence-electron chi connectivity index (χ4n) is 3.29. The van der Waals surface area contributed by atoms with Crippen molar-refractivity contribution >= 4 is 11.0 Å². The summed E-state index contributed by atoms with van der Waals surface area (Å²) in [4.78, 5) is 4.63. The molecule has 0 amide bonds. The van der Waals surface area contributed by atoms with Crippen LogP contribution in [-0.4, -0.2) is 14.7 Å². The molecule has 3 heterocycles. The molecule has 0 aliphatic heterocycles. The molecule has 0 bridgehead atoms. The number of benzene rings is 1. The zero-order valence-electron chi connectivity index (χ0n) is 17.6. The Bertz CT molecular complexity index is 1020. The van der Waals surface area contributed by atoms with Crippen molar-refractivity contribution in [1.82, 2.24) is 14.7 Å². The Morgan fingerprint density at radius 3 is 2.25 bits per heavy atom. The zero-order valence-corrected chi connectivity index (χ0v) is 17.6. The maximum atomic E-state index is 5.31. The molecule has 0 radical (unpaired) electrons. The molecule has 0 unspecified atom stereocenters. The molecule has 0 saturated heterocycles. The summed E-state index contributed by atoms with van der Waals surface area (Å²) in [7, 11) is 0. The van der Waals surface area contributed by atoms with Gasteiger partial charge < -0.3 is 9.09 Å². The van der Waals surface area contributed by atoms with Gasteiger partial charge in [-0.25, -0.2) is 0 Å². The Morgan fingerprint density at radius 2 is 1.64 bits per heavy atom. The Hall–Kier alpha value is -2.88. The summed E-state index contributed by atoms with van der Waals surface area (Å²) in [6, 6.07) is 15.0. The van der Waals surface area contributed by atoms with Gasteiger partial charge in [-0.1, -0.05) is 56.3 Å². The van der Waals surface area contributed by atoms with E-state index in [9.17, 15) is 0 Å². The van der Waals surface area contributed by atoms with Gasteiger partial charge in [-0.3, -0.25) is 4.98 Å². The highest BCUT2D eigenvalue weighted by atomic mass is 16.5. The van der Waals surface area contributed by atoms with Gasteiger partial charge in [0.05, 0.1) is 22.8 Å². The third-order valence-electron chi connectivity index (χ3n) is 4.59. The number of fused-ring (bicyclic) bond motifs is 1. The first kappa shape index (κ1) is 19.9. The number of hydrogen-bond donors (Lipinski definition) is 0. The van der Waals surface area contributed by atoms with Crippen molar-refractivity contribution in [3.05, 3.63) is 71.9 Å². The molecule has 1 atom stereocenters. The van der Waals surface area contributed by atoms with Crippen molar-refractivity contribution in [3.63, 3.8) is 0 Å². The van der Waals surface area contributed by atoms with E-state index in [-0.39, 0.29) is 6.04 Å². The summed E-state index contributed by atoms with van der Waals surface area (Å²) in [6.45, 7) is 12.6. The van der Waals surface area contributed by atoms with Crippen molar-refractivity contribution < 1.29 is 4.52 Å². The largest absolute Gasteiger partial charge is 0.361 e. The highest BCUT2D eigenvalue weighted by molar-refractivity contribution is 5.82. The molecule has 0 aliphatic rings. The van der Waals surface area contributed by atoms with E-state index >= 15 is 0 Å². The van der Waals surface area contributed by atoms with Crippen molar-refractivity contribution in [2.45, 2.75) is 47.6 Å². The fourth-order valence-corrected chi connectivity index (χ4v) is 3.29. The van der Waals surface area contributed by atoms with Crippen LogP contribution in [0.5, 0.6) is 0 Å². The summed E-state index contributed by atoms with van der Waals surface area (Å²) in [5, 5.41) is 4.06. The minimum Gasteiger partial charge on any atom is -0.361 e. The molecule has 146 valence electrons. The van der Waals surface area contributed by atoms with Crippen molar-refractivity contribution in [2.75, 3.05) is 0 Å². The van der Waals surface area contributed by atoms with Gasteiger partial charge in [0, 0.05) is 23.5 Å². The molecular weight excluding hydrogens is 346 g/mol. The molecule has 0 fully saturated rings. The lowest BCUT2D eigenvalue weighted by atomic mass is 10.1. The van der Waals surface area contributed by atoms with Gasteiger partial charge in [-0.2, -0.15) is 0 Å².